The maximum atomic E-state index is 5.85. The molecule has 24 heavy (non-hydrogen) atoms. The molecule has 0 aliphatic carbocycles. The fourth-order valence-electron chi connectivity index (χ4n) is 2.44. The van der Waals surface area contributed by atoms with Crippen molar-refractivity contribution in [3.05, 3.63) is 66.7 Å². The van der Waals surface area contributed by atoms with Gasteiger partial charge in [-0.3, -0.25) is 0 Å². The molecule has 1 aromatic carbocycles. The van der Waals surface area contributed by atoms with Gasteiger partial charge in [0, 0.05) is 18.7 Å². The van der Waals surface area contributed by atoms with Crippen molar-refractivity contribution in [2.75, 3.05) is 18.0 Å². The summed E-state index contributed by atoms with van der Waals surface area (Å²) >= 11 is 0. The van der Waals surface area contributed by atoms with Crippen LogP contribution in [-0.2, 0) is 4.74 Å². The monoisotopic (exact) mass is 323 g/mol. The third-order valence-corrected chi connectivity index (χ3v) is 3.64. The highest BCUT2D eigenvalue weighted by molar-refractivity contribution is 5.53. The van der Waals surface area contributed by atoms with Crippen molar-refractivity contribution >= 4 is 6.01 Å². The van der Waals surface area contributed by atoms with E-state index in [2.05, 4.69) is 27.2 Å². The molecule has 0 N–H and O–H groups in total. The molecule has 0 fully saturated rings. The van der Waals surface area contributed by atoms with Gasteiger partial charge in [-0.25, -0.2) is 0 Å². The molecular formula is C19H21N3O2. The van der Waals surface area contributed by atoms with E-state index in [4.69, 9.17) is 9.15 Å². The molecule has 0 amide bonds. The van der Waals surface area contributed by atoms with Gasteiger partial charge in [0.25, 0.3) is 0 Å². The van der Waals surface area contributed by atoms with Gasteiger partial charge in [-0.05, 0) is 44.1 Å². The molecule has 3 rings (SSSR count). The van der Waals surface area contributed by atoms with Crippen molar-refractivity contribution in [1.29, 1.82) is 0 Å². The highest BCUT2D eigenvalue weighted by Gasteiger charge is 2.15. The van der Waals surface area contributed by atoms with E-state index in [1.807, 2.05) is 49.4 Å². The van der Waals surface area contributed by atoms with E-state index < -0.39 is 0 Å². The molecule has 0 unspecified atom stereocenters. The average Bonchev–Trinajstić information content (AvgIpc) is 3.14. The lowest BCUT2D eigenvalue weighted by molar-refractivity contribution is 0.365. The van der Waals surface area contributed by atoms with Gasteiger partial charge in [-0.2, -0.15) is 0 Å². The largest absolute Gasteiger partial charge is 0.466 e. The number of anilines is 1. The maximum Gasteiger partial charge on any atom is 0.318 e. The molecule has 124 valence electrons. The first-order chi connectivity index (χ1) is 11.9. The standard InChI is InChI=1S/C19H21N3O2/c1-2-15-23-17-11-6-7-13-22(14-8-12-17)19-21-20-18(24-19)16-9-4-3-5-10-16/h2-6,9-12,15H,7-8,13-14H2,1H3. The Morgan fingerprint density at radius 2 is 1.96 bits per heavy atom. The van der Waals surface area contributed by atoms with Crippen LogP contribution in [0.5, 0.6) is 0 Å². The first kappa shape index (κ1) is 16.1. The SMILES string of the molecule is CC=COC1=CCCN(c2nnc(-c3ccccc3)o2)CCC=C1. The van der Waals surface area contributed by atoms with Gasteiger partial charge >= 0.3 is 6.01 Å². The molecule has 1 aromatic heterocycles. The Kier molecular flexibility index (Phi) is 5.45. The van der Waals surface area contributed by atoms with Gasteiger partial charge in [-0.15, -0.1) is 5.10 Å². The van der Waals surface area contributed by atoms with Gasteiger partial charge in [-0.1, -0.05) is 35.4 Å². The topological polar surface area (TPSA) is 51.4 Å². The lowest BCUT2D eigenvalue weighted by Gasteiger charge is -2.17. The van der Waals surface area contributed by atoms with Gasteiger partial charge in [0.15, 0.2) is 0 Å². The summed E-state index contributed by atoms with van der Waals surface area (Å²) in [6.45, 7) is 3.57. The van der Waals surface area contributed by atoms with E-state index in [-0.39, 0.29) is 0 Å². The third kappa shape index (κ3) is 4.13. The summed E-state index contributed by atoms with van der Waals surface area (Å²) in [6.07, 6.45) is 11.5. The van der Waals surface area contributed by atoms with E-state index in [1.54, 1.807) is 6.26 Å². The number of hydrogen-bond donors (Lipinski definition) is 0. The number of aromatic nitrogens is 2. The molecule has 1 aliphatic rings. The van der Waals surface area contributed by atoms with Crippen LogP contribution < -0.4 is 4.90 Å². The van der Waals surface area contributed by atoms with Gasteiger partial charge in [0.1, 0.15) is 5.76 Å². The summed E-state index contributed by atoms with van der Waals surface area (Å²) in [6, 6.07) is 10.4. The summed E-state index contributed by atoms with van der Waals surface area (Å²) in [5.74, 6) is 1.42. The Labute approximate surface area is 142 Å². The summed E-state index contributed by atoms with van der Waals surface area (Å²) in [5.41, 5.74) is 0.933. The van der Waals surface area contributed by atoms with Crippen molar-refractivity contribution in [2.45, 2.75) is 19.8 Å². The first-order valence-electron chi connectivity index (χ1n) is 8.15. The van der Waals surface area contributed by atoms with Crippen molar-refractivity contribution in [3.8, 4) is 11.5 Å². The third-order valence-electron chi connectivity index (χ3n) is 3.64. The lowest BCUT2D eigenvalue weighted by atomic mass is 10.2. The number of allylic oxidation sites excluding steroid dienone is 2. The van der Waals surface area contributed by atoms with Gasteiger partial charge < -0.3 is 14.1 Å². The highest BCUT2D eigenvalue weighted by Crippen LogP contribution is 2.22. The van der Waals surface area contributed by atoms with Crippen LogP contribution in [0.25, 0.3) is 11.5 Å². The molecule has 0 spiro atoms. The van der Waals surface area contributed by atoms with Crippen LogP contribution in [-0.4, -0.2) is 23.3 Å². The molecule has 0 saturated heterocycles. The van der Waals surface area contributed by atoms with E-state index in [9.17, 15) is 0 Å². The van der Waals surface area contributed by atoms with Crippen LogP contribution >= 0.6 is 0 Å². The minimum absolute atomic E-state index is 0.550. The minimum Gasteiger partial charge on any atom is -0.466 e. The maximum absolute atomic E-state index is 5.85. The Morgan fingerprint density at radius 3 is 2.79 bits per heavy atom. The van der Waals surface area contributed by atoms with Crippen LogP contribution in [0.3, 0.4) is 0 Å². The molecule has 0 radical (unpaired) electrons. The summed E-state index contributed by atoms with van der Waals surface area (Å²) < 4.78 is 11.4. The summed E-state index contributed by atoms with van der Waals surface area (Å²) in [5, 5.41) is 8.38. The molecule has 1 aliphatic heterocycles. The van der Waals surface area contributed by atoms with Crippen molar-refractivity contribution in [3.63, 3.8) is 0 Å². The number of rotatable bonds is 4. The van der Waals surface area contributed by atoms with Gasteiger partial charge in [0.2, 0.25) is 5.89 Å². The van der Waals surface area contributed by atoms with E-state index in [0.717, 1.165) is 37.3 Å². The van der Waals surface area contributed by atoms with Gasteiger partial charge in [0.05, 0.1) is 6.26 Å². The Hall–Kier alpha value is -2.82. The molecule has 5 nitrogen and oxygen atoms in total. The second-order valence-corrected chi connectivity index (χ2v) is 5.42. The summed E-state index contributed by atoms with van der Waals surface area (Å²) in [7, 11) is 0. The number of hydrogen-bond acceptors (Lipinski definition) is 5. The average molecular weight is 323 g/mol. The van der Waals surface area contributed by atoms with Crippen molar-refractivity contribution in [2.24, 2.45) is 0 Å². The normalized spacial score (nSPS) is 15.7. The number of nitrogens with zero attached hydrogens (tertiary/aromatic N) is 3. The Morgan fingerprint density at radius 1 is 1.12 bits per heavy atom. The molecule has 5 heteroatoms. The zero-order valence-corrected chi connectivity index (χ0v) is 13.8. The van der Waals surface area contributed by atoms with E-state index in [1.165, 1.54) is 0 Å². The fraction of sp³-hybridized carbons (Fsp3) is 0.263. The van der Waals surface area contributed by atoms with E-state index >= 15 is 0 Å². The Bertz CT molecular complexity index is 732. The molecule has 0 atom stereocenters. The summed E-state index contributed by atoms with van der Waals surface area (Å²) in [4.78, 5) is 2.11. The zero-order chi connectivity index (χ0) is 16.6. The smallest absolute Gasteiger partial charge is 0.318 e. The van der Waals surface area contributed by atoms with Crippen LogP contribution in [0.2, 0.25) is 0 Å². The quantitative estimate of drug-likeness (QED) is 0.784. The molecular weight excluding hydrogens is 302 g/mol. The zero-order valence-electron chi connectivity index (χ0n) is 13.8. The molecule has 2 aromatic rings. The second kappa shape index (κ2) is 8.15. The first-order valence-corrected chi connectivity index (χ1v) is 8.15. The molecule has 2 heterocycles. The van der Waals surface area contributed by atoms with Crippen LogP contribution in [0, 0.1) is 0 Å². The minimum atomic E-state index is 0.550. The molecule has 0 bridgehead atoms. The lowest BCUT2D eigenvalue weighted by Crippen LogP contribution is -2.25. The van der Waals surface area contributed by atoms with Crippen LogP contribution in [0.1, 0.15) is 19.8 Å². The number of benzene rings is 1. The Balaban J connectivity index is 1.70. The van der Waals surface area contributed by atoms with E-state index in [0.29, 0.717) is 11.9 Å². The van der Waals surface area contributed by atoms with Crippen LogP contribution in [0.15, 0.2) is 71.1 Å². The number of ether oxygens (including phenoxy) is 1. The molecule has 0 saturated carbocycles. The predicted molar refractivity (Wildman–Crippen MR) is 94.3 cm³/mol. The predicted octanol–water partition coefficient (Wildman–Crippen LogP) is 4.33. The second-order valence-electron chi connectivity index (χ2n) is 5.42. The van der Waals surface area contributed by atoms with Crippen molar-refractivity contribution in [1.82, 2.24) is 10.2 Å². The van der Waals surface area contributed by atoms with Crippen molar-refractivity contribution < 1.29 is 9.15 Å². The fourth-order valence-corrected chi connectivity index (χ4v) is 2.44. The highest BCUT2D eigenvalue weighted by atomic mass is 16.5. The van der Waals surface area contributed by atoms with Crippen LogP contribution in [0.4, 0.5) is 6.01 Å².